The third-order valence-corrected chi connectivity index (χ3v) is 13.1. The van der Waals surface area contributed by atoms with E-state index in [2.05, 4.69) is 19.9 Å². The molecule has 2 fully saturated rings. The molecule has 2 aliphatic rings. The minimum absolute atomic E-state index is 0.140. The third kappa shape index (κ3) is 4.00. The average Bonchev–Trinajstić information content (AvgIpc) is 3.10. The first-order valence-electron chi connectivity index (χ1n) is 12.4. The highest BCUT2D eigenvalue weighted by atomic mass is 32.2. The molecule has 3 aromatic carbocycles. The molecule has 3 aromatic rings. The number of benzene rings is 3. The number of hydrogen-bond acceptors (Lipinski definition) is 3. The van der Waals surface area contributed by atoms with E-state index in [0.29, 0.717) is 6.42 Å². The normalized spacial score (nSPS) is 29.9. The maximum atomic E-state index is 14.4. The Morgan fingerprint density at radius 3 is 2.00 bits per heavy atom. The lowest BCUT2D eigenvalue weighted by molar-refractivity contribution is -0.148. The molecule has 2 saturated carbocycles. The number of aliphatic hydroxyl groups is 1. The third-order valence-electron chi connectivity index (χ3n) is 8.53. The summed E-state index contributed by atoms with van der Waals surface area (Å²) in [7, 11) is -4.16. The van der Waals surface area contributed by atoms with Crippen molar-refractivity contribution in [1.82, 2.24) is 0 Å². The predicted octanol–water partition coefficient (Wildman–Crippen LogP) is 5.88. The molecule has 0 spiro atoms. The summed E-state index contributed by atoms with van der Waals surface area (Å²) >= 11 is 0. The van der Waals surface area contributed by atoms with Crippen LogP contribution in [0.5, 0.6) is 0 Å². The molecule has 6 atom stereocenters. The van der Waals surface area contributed by atoms with Crippen molar-refractivity contribution in [3.63, 3.8) is 0 Å². The van der Waals surface area contributed by atoms with Gasteiger partial charge in [0.05, 0.1) is 21.7 Å². The van der Waals surface area contributed by atoms with Crippen LogP contribution in [-0.2, 0) is 15.4 Å². The molecule has 5 heteroatoms. The van der Waals surface area contributed by atoms with Crippen LogP contribution in [0, 0.1) is 17.3 Å². The highest BCUT2D eigenvalue weighted by Gasteiger charge is 2.70. The van der Waals surface area contributed by atoms with E-state index in [1.807, 2.05) is 96.8 Å². The first-order chi connectivity index (χ1) is 16.8. The minimum Gasteiger partial charge on any atom is -0.388 e. The zero-order chi connectivity index (χ0) is 24.7. The summed E-state index contributed by atoms with van der Waals surface area (Å²) in [6.45, 7) is 4.32. The van der Waals surface area contributed by atoms with Crippen LogP contribution >= 0.6 is 7.14 Å². The summed E-state index contributed by atoms with van der Waals surface area (Å²) in [5.74, 6) is 2.30. The fourth-order valence-corrected chi connectivity index (χ4v) is 10.8. The summed E-state index contributed by atoms with van der Waals surface area (Å²) in [5, 5.41) is 13.1. The average molecular weight is 505 g/mol. The Hall–Kier alpha value is -2.26. The Morgan fingerprint density at radius 2 is 1.46 bits per heavy atom. The second kappa shape index (κ2) is 9.32. The van der Waals surface area contributed by atoms with Crippen molar-refractivity contribution in [2.24, 2.45) is 17.3 Å². The summed E-state index contributed by atoms with van der Waals surface area (Å²) in [6, 6.07) is 28.9. The summed E-state index contributed by atoms with van der Waals surface area (Å²) < 4.78 is 27.6. The van der Waals surface area contributed by atoms with Crippen molar-refractivity contribution in [1.29, 1.82) is 0 Å². The van der Waals surface area contributed by atoms with Gasteiger partial charge in [-0.15, -0.1) is 0 Å². The van der Waals surface area contributed by atoms with E-state index in [0.717, 1.165) is 28.3 Å². The van der Waals surface area contributed by atoms with Gasteiger partial charge in [0.2, 0.25) is 0 Å². The highest BCUT2D eigenvalue weighted by molar-refractivity contribution is 7.85. The smallest absolute Gasteiger partial charge is 0.163 e. The van der Waals surface area contributed by atoms with E-state index >= 15 is 0 Å². The van der Waals surface area contributed by atoms with Crippen LogP contribution in [0.3, 0.4) is 0 Å². The molecule has 0 heterocycles. The van der Waals surface area contributed by atoms with Crippen molar-refractivity contribution < 1.29 is 13.9 Å². The quantitative estimate of drug-likeness (QED) is 0.409. The molecule has 0 saturated heterocycles. The van der Waals surface area contributed by atoms with E-state index in [9.17, 15) is 13.9 Å². The first-order valence-corrected chi connectivity index (χ1v) is 15.4. The monoisotopic (exact) mass is 504 g/mol. The molecule has 3 nitrogen and oxygen atoms in total. The van der Waals surface area contributed by atoms with Crippen LogP contribution < -0.4 is 10.6 Å². The Balaban J connectivity index is 1.39. The molecular formula is C30H33O3PS. The fraction of sp³-hybridized carbons (Fsp3) is 0.333. The van der Waals surface area contributed by atoms with Gasteiger partial charge >= 0.3 is 0 Å². The number of allylic oxidation sites excluding steroid dienone is 1. The summed E-state index contributed by atoms with van der Waals surface area (Å²) in [5.41, 5.74) is -1.22. The lowest BCUT2D eigenvalue weighted by Gasteiger charge is -2.58. The number of rotatable bonds is 7. The van der Waals surface area contributed by atoms with Crippen LogP contribution in [0.25, 0.3) is 0 Å². The number of hydrogen-bond donors (Lipinski definition) is 1. The van der Waals surface area contributed by atoms with Gasteiger partial charge in [-0.05, 0) is 49.0 Å². The maximum absolute atomic E-state index is 14.4. The van der Waals surface area contributed by atoms with Gasteiger partial charge in [-0.25, -0.2) is 0 Å². The molecule has 0 bridgehead atoms. The van der Waals surface area contributed by atoms with Crippen molar-refractivity contribution in [3.05, 3.63) is 103 Å². The molecule has 0 amide bonds. The van der Waals surface area contributed by atoms with E-state index in [1.54, 1.807) is 0 Å². The zero-order valence-electron chi connectivity index (χ0n) is 20.3. The lowest BCUT2D eigenvalue weighted by atomic mass is 9.54. The van der Waals surface area contributed by atoms with Gasteiger partial charge < -0.3 is 9.67 Å². The Morgan fingerprint density at radius 1 is 0.943 bits per heavy atom. The molecule has 0 aliphatic heterocycles. The van der Waals surface area contributed by atoms with Crippen molar-refractivity contribution in [3.8, 4) is 0 Å². The molecule has 1 unspecified atom stereocenters. The van der Waals surface area contributed by atoms with E-state index in [1.165, 1.54) is 0 Å². The van der Waals surface area contributed by atoms with Gasteiger partial charge in [0.15, 0.2) is 7.14 Å². The largest absolute Gasteiger partial charge is 0.388 e. The van der Waals surface area contributed by atoms with Crippen LogP contribution in [0.15, 0.2) is 108 Å². The van der Waals surface area contributed by atoms with Crippen LogP contribution in [-0.4, -0.2) is 20.2 Å². The van der Waals surface area contributed by atoms with Crippen molar-refractivity contribution in [2.75, 3.05) is 0 Å². The Labute approximate surface area is 211 Å². The molecule has 35 heavy (non-hydrogen) atoms. The fourth-order valence-electron chi connectivity index (χ4n) is 6.41. The second-order valence-electron chi connectivity index (χ2n) is 10.3. The van der Waals surface area contributed by atoms with Crippen molar-refractivity contribution >= 4 is 28.6 Å². The van der Waals surface area contributed by atoms with E-state index in [4.69, 9.17) is 0 Å². The minimum atomic E-state index is -2.93. The summed E-state index contributed by atoms with van der Waals surface area (Å²) in [6.07, 6.45) is 4.37. The number of fused-ring (bicyclic) bond motifs is 1. The second-order valence-corrected chi connectivity index (χ2v) is 14.6. The molecule has 5 rings (SSSR count). The van der Waals surface area contributed by atoms with Gasteiger partial charge in [0.25, 0.3) is 0 Å². The summed E-state index contributed by atoms with van der Waals surface area (Å²) in [4.78, 5) is 0.788. The lowest BCUT2D eigenvalue weighted by Crippen LogP contribution is -2.66. The van der Waals surface area contributed by atoms with Crippen LogP contribution in [0.2, 0.25) is 0 Å². The molecule has 182 valence electrons. The maximum Gasteiger partial charge on any atom is 0.163 e. The zero-order valence-corrected chi connectivity index (χ0v) is 22.0. The molecule has 1 N–H and O–H groups in total. The van der Waals surface area contributed by atoms with Gasteiger partial charge in [0, 0.05) is 20.9 Å². The van der Waals surface area contributed by atoms with Crippen LogP contribution in [0.1, 0.15) is 33.1 Å². The van der Waals surface area contributed by atoms with Crippen LogP contribution in [0.4, 0.5) is 0 Å². The topological polar surface area (TPSA) is 54.4 Å². The van der Waals surface area contributed by atoms with Crippen molar-refractivity contribution in [2.45, 2.75) is 48.9 Å². The molecule has 2 aliphatic carbocycles. The van der Waals surface area contributed by atoms with E-state index < -0.39 is 23.5 Å². The predicted molar refractivity (Wildman–Crippen MR) is 145 cm³/mol. The Bertz CT molecular complexity index is 1230. The standard InChI is InChI=1S/C30H33O3PS/c1-23(19-21-34(32,24-12-6-3-7-13-24)25-14-8-4-9-15-25)27-18-20-30(31)28(22-29(27,30)2)35(33)26-16-10-5-11-17-26/h3-17,19,21,23,27-28,31H,18,20,22H2,1-2H3/b21-19+/t23-,27-,28-,29-,30+,35?/m0/s1. The van der Waals surface area contributed by atoms with Gasteiger partial charge in [0.1, 0.15) is 0 Å². The molecule has 0 aromatic heterocycles. The van der Waals surface area contributed by atoms with E-state index in [-0.39, 0.29) is 22.5 Å². The molecular weight excluding hydrogens is 471 g/mol. The molecule has 0 radical (unpaired) electrons. The first kappa shape index (κ1) is 24.4. The van der Waals surface area contributed by atoms with Gasteiger partial charge in [-0.2, -0.15) is 0 Å². The van der Waals surface area contributed by atoms with Gasteiger partial charge in [-0.3, -0.25) is 4.21 Å². The Kier molecular flexibility index (Phi) is 6.50. The SMILES string of the molecule is C[C@@H](/C=C/P(=O)(c1ccccc1)c1ccccc1)[C@@H]1CC[C@@]2(O)[C@@H](S(=O)c3ccccc3)C[C@@]12C. The highest BCUT2D eigenvalue weighted by Crippen LogP contribution is 2.66. The van der Waals surface area contributed by atoms with Gasteiger partial charge in [-0.1, -0.05) is 98.8 Å².